The van der Waals surface area contributed by atoms with E-state index in [0.717, 1.165) is 31.3 Å². The van der Waals surface area contributed by atoms with Crippen molar-refractivity contribution in [3.63, 3.8) is 0 Å². The molecule has 3 N–H and O–H groups in total. The van der Waals surface area contributed by atoms with Crippen LogP contribution in [0.5, 0.6) is 5.88 Å². The number of hydrogen-bond donors (Lipinski definition) is 3. The molecule has 3 rings (SSSR count). The van der Waals surface area contributed by atoms with Gasteiger partial charge in [-0.05, 0) is 37.3 Å². The summed E-state index contributed by atoms with van der Waals surface area (Å²) in [5.74, 6) is -3.97. The molecule has 1 aliphatic carbocycles. The fraction of sp³-hybridized carbons (Fsp3) is 0.562. The Morgan fingerprint density at radius 2 is 1.52 bits per heavy atom. The number of carboxylic acids is 2. The van der Waals surface area contributed by atoms with E-state index in [1.165, 1.54) is 18.4 Å². The molecular weight excluding hydrogens is 414 g/mol. The highest BCUT2D eigenvalue weighted by Gasteiger charge is 2.38. The van der Waals surface area contributed by atoms with Crippen LogP contribution in [-0.2, 0) is 9.59 Å². The van der Waals surface area contributed by atoms with E-state index in [9.17, 15) is 26.3 Å². The quantitative estimate of drug-likeness (QED) is 0.630. The zero-order chi connectivity index (χ0) is 22.2. The largest absolute Gasteiger partial charge is 0.490 e. The van der Waals surface area contributed by atoms with Gasteiger partial charge in [0.1, 0.15) is 6.10 Å². The van der Waals surface area contributed by atoms with Gasteiger partial charge in [-0.1, -0.05) is 6.07 Å². The number of alkyl halides is 6. The third-order valence-electron chi connectivity index (χ3n) is 3.60. The normalized spacial score (nSPS) is 18.6. The van der Waals surface area contributed by atoms with Crippen molar-refractivity contribution in [2.75, 3.05) is 13.1 Å². The Morgan fingerprint density at radius 3 is 1.83 bits per heavy atom. The van der Waals surface area contributed by atoms with Crippen molar-refractivity contribution in [3.8, 4) is 5.88 Å². The number of nitrogens with one attached hydrogen (secondary N) is 1. The van der Waals surface area contributed by atoms with Gasteiger partial charge in [0, 0.05) is 18.8 Å². The first-order valence-electron chi connectivity index (χ1n) is 8.24. The van der Waals surface area contributed by atoms with Gasteiger partial charge in [0.25, 0.3) is 0 Å². The van der Waals surface area contributed by atoms with Gasteiger partial charge in [0.15, 0.2) is 0 Å². The number of aliphatic carboxylic acids is 2. The van der Waals surface area contributed by atoms with Crippen molar-refractivity contribution in [2.24, 2.45) is 0 Å². The molecule has 1 aromatic rings. The van der Waals surface area contributed by atoms with E-state index < -0.39 is 24.3 Å². The summed E-state index contributed by atoms with van der Waals surface area (Å²) in [4.78, 5) is 22.1. The number of pyridine rings is 1. The van der Waals surface area contributed by atoms with Crippen LogP contribution in [0.25, 0.3) is 0 Å². The first-order valence-corrected chi connectivity index (χ1v) is 8.24. The van der Waals surface area contributed by atoms with Gasteiger partial charge < -0.3 is 20.3 Å². The topological polar surface area (TPSA) is 109 Å². The molecule has 1 aliphatic heterocycles. The van der Waals surface area contributed by atoms with Crippen LogP contribution >= 0.6 is 0 Å². The SMILES string of the molecule is O=C(O)C(F)(F)F.O=C(O)C(F)(F)F.c1cc(OC2CCNC2)ncc1C1CC1. The molecular formula is C16H18F6N2O5. The number of aromatic nitrogens is 1. The van der Waals surface area contributed by atoms with Gasteiger partial charge in [-0.15, -0.1) is 0 Å². The average molecular weight is 432 g/mol. The molecule has 1 aromatic heterocycles. The van der Waals surface area contributed by atoms with Crippen molar-refractivity contribution < 1.29 is 50.9 Å². The maximum Gasteiger partial charge on any atom is 0.490 e. The van der Waals surface area contributed by atoms with Crippen LogP contribution in [-0.4, -0.2) is 58.7 Å². The number of nitrogens with zero attached hydrogens (tertiary/aromatic N) is 1. The lowest BCUT2D eigenvalue weighted by molar-refractivity contribution is -0.193. The maximum absolute atomic E-state index is 10.6. The Balaban J connectivity index is 0.000000255. The molecule has 0 amide bonds. The number of hydrogen-bond acceptors (Lipinski definition) is 5. The molecule has 0 spiro atoms. The molecule has 164 valence electrons. The second-order valence-corrected chi connectivity index (χ2v) is 6.04. The first-order chi connectivity index (χ1) is 13.3. The molecule has 0 bridgehead atoms. The molecule has 29 heavy (non-hydrogen) atoms. The van der Waals surface area contributed by atoms with Crippen LogP contribution in [0.3, 0.4) is 0 Å². The third-order valence-corrected chi connectivity index (χ3v) is 3.60. The van der Waals surface area contributed by atoms with Gasteiger partial charge in [-0.2, -0.15) is 26.3 Å². The van der Waals surface area contributed by atoms with Gasteiger partial charge in [0.05, 0.1) is 0 Å². The summed E-state index contributed by atoms with van der Waals surface area (Å²) in [6.45, 7) is 2.01. The molecule has 2 fully saturated rings. The maximum atomic E-state index is 10.6. The summed E-state index contributed by atoms with van der Waals surface area (Å²) < 4.78 is 69.2. The number of halogens is 6. The lowest BCUT2D eigenvalue weighted by Gasteiger charge is -2.11. The third kappa shape index (κ3) is 9.96. The predicted molar refractivity (Wildman–Crippen MR) is 85.5 cm³/mol. The van der Waals surface area contributed by atoms with Crippen LogP contribution in [0.1, 0.15) is 30.7 Å². The number of carbonyl (C=O) groups is 2. The fourth-order valence-corrected chi connectivity index (χ4v) is 2.02. The smallest absolute Gasteiger partial charge is 0.475 e. The Hall–Kier alpha value is -2.57. The molecule has 2 aliphatic rings. The molecule has 1 atom stereocenters. The van der Waals surface area contributed by atoms with E-state index in [2.05, 4.69) is 16.4 Å². The number of rotatable bonds is 3. The standard InChI is InChI=1S/C12H16N2O.2C2HF3O2/c1-2-9(1)10-3-4-12(14-7-10)15-11-5-6-13-8-11;2*3-2(4,5)1(6)7/h3-4,7,9,11,13H,1-2,5-6,8H2;2*(H,6,7). The molecule has 0 aromatic carbocycles. The first kappa shape index (κ1) is 24.5. The van der Waals surface area contributed by atoms with Crippen LogP contribution < -0.4 is 10.1 Å². The summed E-state index contributed by atoms with van der Waals surface area (Å²) in [5.41, 5.74) is 1.37. The Morgan fingerprint density at radius 1 is 1.00 bits per heavy atom. The van der Waals surface area contributed by atoms with Gasteiger partial charge in [-0.25, -0.2) is 14.6 Å². The average Bonchev–Trinajstić information content (AvgIpc) is 3.32. The van der Waals surface area contributed by atoms with E-state index in [0.29, 0.717) is 6.10 Å². The molecule has 2 heterocycles. The Labute approximate surface area is 160 Å². The van der Waals surface area contributed by atoms with Crippen LogP contribution in [0.4, 0.5) is 26.3 Å². The zero-order valence-corrected chi connectivity index (χ0v) is 14.8. The Kier molecular flexibility index (Phi) is 8.67. The van der Waals surface area contributed by atoms with Gasteiger partial charge >= 0.3 is 24.3 Å². The lowest BCUT2D eigenvalue weighted by atomic mass is 10.2. The van der Waals surface area contributed by atoms with E-state index in [1.807, 2.05) is 12.3 Å². The van der Waals surface area contributed by atoms with E-state index >= 15 is 0 Å². The highest BCUT2D eigenvalue weighted by Crippen LogP contribution is 2.39. The fourth-order valence-electron chi connectivity index (χ4n) is 2.02. The number of ether oxygens (including phenoxy) is 1. The van der Waals surface area contributed by atoms with Crippen molar-refractivity contribution in [2.45, 2.75) is 43.6 Å². The second-order valence-electron chi connectivity index (χ2n) is 6.04. The van der Waals surface area contributed by atoms with E-state index in [1.54, 1.807) is 0 Å². The minimum atomic E-state index is -5.08. The Bertz CT molecular complexity index is 644. The van der Waals surface area contributed by atoms with Crippen LogP contribution in [0.15, 0.2) is 18.3 Å². The van der Waals surface area contributed by atoms with Crippen LogP contribution in [0, 0.1) is 0 Å². The highest BCUT2D eigenvalue weighted by molar-refractivity contribution is 5.73. The highest BCUT2D eigenvalue weighted by atomic mass is 19.4. The summed E-state index contributed by atoms with van der Waals surface area (Å²) in [7, 11) is 0. The summed E-state index contributed by atoms with van der Waals surface area (Å²) in [6.07, 6.45) is -4.14. The molecule has 13 heteroatoms. The lowest BCUT2D eigenvalue weighted by Crippen LogP contribution is -2.21. The van der Waals surface area contributed by atoms with Gasteiger partial charge in [0.2, 0.25) is 5.88 Å². The van der Waals surface area contributed by atoms with Crippen molar-refractivity contribution in [1.29, 1.82) is 0 Å². The molecule has 0 radical (unpaired) electrons. The van der Waals surface area contributed by atoms with E-state index in [-0.39, 0.29) is 0 Å². The van der Waals surface area contributed by atoms with Crippen molar-refractivity contribution >= 4 is 11.9 Å². The molecule has 1 saturated carbocycles. The second kappa shape index (κ2) is 10.3. The number of carboxylic acid groups (broad SMARTS) is 2. The minimum Gasteiger partial charge on any atom is -0.475 e. The van der Waals surface area contributed by atoms with Crippen molar-refractivity contribution in [1.82, 2.24) is 10.3 Å². The minimum absolute atomic E-state index is 0.310. The predicted octanol–water partition coefficient (Wildman–Crippen LogP) is 2.97. The van der Waals surface area contributed by atoms with Crippen LogP contribution in [0.2, 0.25) is 0 Å². The molecule has 1 saturated heterocycles. The summed E-state index contributed by atoms with van der Waals surface area (Å²) in [6, 6.07) is 4.16. The molecule has 1 unspecified atom stereocenters. The summed E-state index contributed by atoms with van der Waals surface area (Å²) >= 11 is 0. The van der Waals surface area contributed by atoms with Gasteiger partial charge in [-0.3, -0.25) is 0 Å². The zero-order valence-electron chi connectivity index (χ0n) is 14.8. The molecule has 7 nitrogen and oxygen atoms in total. The van der Waals surface area contributed by atoms with E-state index in [4.69, 9.17) is 24.5 Å². The summed E-state index contributed by atoms with van der Waals surface area (Å²) in [5, 5.41) is 17.5. The van der Waals surface area contributed by atoms with Crippen molar-refractivity contribution in [3.05, 3.63) is 23.9 Å². The monoisotopic (exact) mass is 432 g/mol.